The quantitative estimate of drug-likeness (QED) is 0.489. The Labute approximate surface area is 210 Å². The predicted molar refractivity (Wildman–Crippen MR) is 134 cm³/mol. The Morgan fingerprint density at radius 3 is 2.14 bits per heavy atom. The number of carbonyl (C=O) groups is 3. The highest BCUT2D eigenvalue weighted by molar-refractivity contribution is 6.45. The summed E-state index contributed by atoms with van der Waals surface area (Å²) in [6.07, 6.45) is 1.54. The Morgan fingerprint density at radius 1 is 1.09 bits per heavy atom. The average molecular weight is 493 g/mol. The minimum atomic E-state index is -1.08. The van der Waals surface area contributed by atoms with Crippen molar-refractivity contribution in [2.75, 3.05) is 6.54 Å². The summed E-state index contributed by atoms with van der Waals surface area (Å²) >= 11 is 0. The summed E-state index contributed by atoms with van der Waals surface area (Å²) in [6.45, 7) is 17.6. The number of amides is 3. The zero-order valence-corrected chi connectivity index (χ0v) is 22.9. The first-order valence-corrected chi connectivity index (χ1v) is 12.9. The molecule has 198 valence electrons. The lowest BCUT2D eigenvalue weighted by atomic mass is 9.74. The van der Waals surface area contributed by atoms with E-state index in [1.54, 1.807) is 0 Å². The molecule has 2 saturated heterocycles. The fraction of sp³-hybridized carbons (Fsp3) is 0.880. The van der Waals surface area contributed by atoms with Crippen LogP contribution in [0.4, 0.5) is 4.79 Å². The van der Waals surface area contributed by atoms with Crippen LogP contribution in [0.2, 0.25) is 6.32 Å². The lowest BCUT2D eigenvalue weighted by Gasteiger charge is -2.40. The molecule has 0 bridgehead atoms. The van der Waals surface area contributed by atoms with Crippen LogP contribution in [-0.4, -0.2) is 69.9 Å². The van der Waals surface area contributed by atoms with Crippen LogP contribution < -0.4 is 10.6 Å². The van der Waals surface area contributed by atoms with Gasteiger partial charge in [0, 0.05) is 25.0 Å². The van der Waals surface area contributed by atoms with Gasteiger partial charge in [0.15, 0.2) is 0 Å². The number of fused-ring (bicyclic) bond motifs is 1. The maximum absolute atomic E-state index is 13.8. The molecule has 1 saturated carbocycles. The van der Waals surface area contributed by atoms with Crippen LogP contribution in [0.25, 0.3) is 0 Å². The lowest BCUT2D eigenvalue weighted by Crippen LogP contribution is -2.64. The molecule has 0 aromatic heterocycles. The van der Waals surface area contributed by atoms with Crippen LogP contribution in [0.3, 0.4) is 0 Å². The summed E-state index contributed by atoms with van der Waals surface area (Å²) in [5.41, 5.74) is -2.37. The summed E-state index contributed by atoms with van der Waals surface area (Å²) in [5, 5.41) is 15.9. The molecule has 3 fully saturated rings. The van der Waals surface area contributed by atoms with Gasteiger partial charge < -0.3 is 29.9 Å². The van der Waals surface area contributed by atoms with Gasteiger partial charge in [-0.05, 0) is 92.3 Å². The number of nitrogens with zero attached hydrogens (tertiary/aromatic N) is 1. The third-order valence-electron chi connectivity index (χ3n) is 8.57. The van der Waals surface area contributed by atoms with E-state index in [1.807, 2.05) is 55.4 Å². The normalized spacial score (nSPS) is 33.5. The second kappa shape index (κ2) is 9.25. The molecule has 0 radical (unpaired) electrons. The number of rotatable bonds is 6. The second-order valence-electron chi connectivity index (χ2n) is 12.8. The van der Waals surface area contributed by atoms with Gasteiger partial charge in [-0.2, -0.15) is 0 Å². The van der Waals surface area contributed by atoms with Crippen LogP contribution in [0, 0.1) is 17.8 Å². The van der Waals surface area contributed by atoms with Gasteiger partial charge in [0.2, 0.25) is 11.8 Å². The van der Waals surface area contributed by atoms with E-state index in [0.717, 1.165) is 6.42 Å². The monoisotopic (exact) mass is 493 g/mol. The van der Waals surface area contributed by atoms with E-state index in [1.165, 1.54) is 11.8 Å². The van der Waals surface area contributed by atoms with E-state index in [0.29, 0.717) is 25.7 Å². The first-order valence-electron chi connectivity index (χ1n) is 12.9. The minimum Gasteiger partial charge on any atom is -0.465 e. The molecular weight excluding hydrogens is 449 g/mol. The highest BCUT2D eigenvalue weighted by Gasteiger charge is 2.63. The van der Waals surface area contributed by atoms with Gasteiger partial charge in [-0.25, -0.2) is 4.79 Å². The molecule has 3 rings (SSSR count). The maximum atomic E-state index is 13.8. The van der Waals surface area contributed by atoms with Gasteiger partial charge in [-0.1, -0.05) is 6.42 Å². The van der Waals surface area contributed by atoms with Crippen molar-refractivity contribution in [2.24, 2.45) is 17.8 Å². The van der Waals surface area contributed by atoms with Crippen molar-refractivity contribution >= 4 is 25.0 Å². The fourth-order valence-electron chi connectivity index (χ4n) is 6.28. The number of likely N-dealkylation sites (tertiary alicyclic amines) is 1. The molecule has 3 amide bonds. The van der Waals surface area contributed by atoms with Crippen molar-refractivity contribution in [2.45, 2.75) is 116 Å². The molecule has 35 heavy (non-hydrogen) atoms. The molecule has 1 aliphatic carbocycles. The van der Waals surface area contributed by atoms with Crippen LogP contribution >= 0.6 is 0 Å². The molecule has 2 heterocycles. The predicted octanol–water partition coefficient (Wildman–Crippen LogP) is 3.28. The number of carboxylic acid groups (broad SMARTS) is 1. The first-order chi connectivity index (χ1) is 15.9. The topological polar surface area (TPSA) is 117 Å². The van der Waals surface area contributed by atoms with Gasteiger partial charge in [0.05, 0.1) is 11.2 Å². The first kappa shape index (κ1) is 27.8. The van der Waals surface area contributed by atoms with E-state index in [9.17, 15) is 19.5 Å². The summed E-state index contributed by atoms with van der Waals surface area (Å²) in [7, 11) is -0.339. The second-order valence-corrected chi connectivity index (χ2v) is 12.8. The zero-order valence-electron chi connectivity index (χ0n) is 22.9. The fourth-order valence-corrected chi connectivity index (χ4v) is 6.28. The number of carbonyl (C=O) groups excluding carboxylic acids is 2. The third-order valence-corrected chi connectivity index (χ3v) is 8.57. The SMILES string of the molecule is CC(=O)NC1(C(=O)NC(C)(C)C)C[C@H]2C(C)N(C(=O)O)C[C@H]2[C@@H]1CCCB1OC(C)(C)C(C)(C)O1. The van der Waals surface area contributed by atoms with E-state index in [4.69, 9.17) is 9.31 Å². The van der Waals surface area contributed by atoms with Gasteiger partial charge in [-0.15, -0.1) is 0 Å². The number of hydrogen-bond acceptors (Lipinski definition) is 5. The number of hydrogen-bond donors (Lipinski definition) is 3. The van der Waals surface area contributed by atoms with Crippen LogP contribution in [0.15, 0.2) is 0 Å². The van der Waals surface area contributed by atoms with Crippen molar-refractivity contribution in [3.8, 4) is 0 Å². The molecule has 5 atom stereocenters. The smallest absolute Gasteiger partial charge is 0.457 e. The molecule has 3 aliphatic rings. The largest absolute Gasteiger partial charge is 0.465 e. The van der Waals surface area contributed by atoms with Crippen molar-refractivity contribution < 1.29 is 28.8 Å². The van der Waals surface area contributed by atoms with E-state index in [2.05, 4.69) is 10.6 Å². The standard InChI is InChI=1S/C25H44BN3O6/c1-15-17-13-25(27-16(2)30,20(31)28-22(3,4)5)19(18(17)14-29(15)21(32)33)11-10-12-26-34-23(6,7)24(8,9)35-26/h15,17-19H,10-14H2,1-9H3,(H,27,30)(H,28,31)(H,32,33)/t15?,17-,18+,19-,25?/m0/s1. The lowest BCUT2D eigenvalue weighted by molar-refractivity contribution is -0.136. The van der Waals surface area contributed by atoms with Gasteiger partial charge >= 0.3 is 13.2 Å². The molecule has 3 N–H and O–H groups in total. The Hall–Kier alpha value is -1.81. The van der Waals surface area contributed by atoms with Crippen molar-refractivity contribution in [1.82, 2.24) is 15.5 Å². The minimum absolute atomic E-state index is 0.00878. The molecule has 0 aromatic rings. The molecular formula is C25H44BN3O6. The summed E-state index contributed by atoms with van der Waals surface area (Å²) in [5.74, 6) is -0.674. The molecule has 0 aromatic carbocycles. The summed E-state index contributed by atoms with van der Waals surface area (Å²) in [4.78, 5) is 39.5. The van der Waals surface area contributed by atoms with E-state index < -0.39 is 28.4 Å². The summed E-state index contributed by atoms with van der Waals surface area (Å²) < 4.78 is 12.3. The number of nitrogens with one attached hydrogen (secondary N) is 2. The van der Waals surface area contributed by atoms with Crippen molar-refractivity contribution in [3.63, 3.8) is 0 Å². The zero-order chi connectivity index (χ0) is 26.6. The molecule has 2 aliphatic heterocycles. The molecule has 10 heteroatoms. The van der Waals surface area contributed by atoms with E-state index in [-0.39, 0.29) is 42.7 Å². The van der Waals surface area contributed by atoms with Crippen LogP contribution in [0.5, 0.6) is 0 Å². The average Bonchev–Trinajstić information content (AvgIpc) is 3.21. The highest BCUT2D eigenvalue weighted by Crippen LogP contribution is 2.53. The molecule has 9 nitrogen and oxygen atoms in total. The summed E-state index contributed by atoms with van der Waals surface area (Å²) in [6, 6.07) is -0.221. The van der Waals surface area contributed by atoms with Gasteiger partial charge in [0.25, 0.3) is 0 Å². The Bertz CT molecular complexity index is 841. The molecule has 0 spiro atoms. The Morgan fingerprint density at radius 2 is 1.66 bits per heavy atom. The Balaban J connectivity index is 1.86. The van der Waals surface area contributed by atoms with Crippen molar-refractivity contribution in [3.05, 3.63) is 0 Å². The third kappa shape index (κ3) is 5.33. The van der Waals surface area contributed by atoms with E-state index >= 15 is 0 Å². The van der Waals surface area contributed by atoms with Crippen molar-refractivity contribution in [1.29, 1.82) is 0 Å². The molecule has 2 unspecified atom stereocenters. The highest BCUT2D eigenvalue weighted by atomic mass is 16.7. The van der Waals surface area contributed by atoms with Gasteiger partial charge in [0.1, 0.15) is 5.54 Å². The Kier molecular flexibility index (Phi) is 7.34. The van der Waals surface area contributed by atoms with Gasteiger partial charge in [-0.3, -0.25) is 9.59 Å². The van der Waals surface area contributed by atoms with Crippen LogP contribution in [0.1, 0.15) is 81.6 Å². The van der Waals surface area contributed by atoms with Crippen LogP contribution in [-0.2, 0) is 18.9 Å². The maximum Gasteiger partial charge on any atom is 0.457 e.